The van der Waals surface area contributed by atoms with Crippen LogP contribution in [0.15, 0.2) is 0 Å². The monoisotopic (exact) mass is 219 g/mol. The van der Waals surface area contributed by atoms with E-state index in [1.165, 1.54) is 6.42 Å². The Bertz CT molecular complexity index is 226. The summed E-state index contributed by atoms with van der Waals surface area (Å²) in [6.45, 7) is 0. The van der Waals surface area contributed by atoms with Crippen molar-refractivity contribution >= 4 is 16.8 Å². The van der Waals surface area contributed by atoms with Crippen molar-refractivity contribution in [1.29, 1.82) is 0 Å². The van der Waals surface area contributed by atoms with Crippen LogP contribution in [0, 0.1) is 0 Å². The van der Waals surface area contributed by atoms with Crippen LogP contribution in [0.25, 0.3) is 0 Å². The fourth-order valence-corrected chi connectivity index (χ4v) is 3.34. The fraction of sp³-hybridized carbons (Fsp3) is 0.889. The number of rotatable bonds is 4. The molecule has 4 nitrogen and oxygen atoms in total. The molecule has 0 amide bonds. The lowest BCUT2D eigenvalue weighted by atomic mass is 10.0. The van der Waals surface area contributed by atoms with Gasteiger partial charge < -0.3 is 10.8 Å². The summed E-state index contributed by atoms with van der Waals surface area (Å²) >= 11 is 0. The van der Waals surface area contributed by atoms with Gasteiger partial charge in [0.2, 0.25) is 0 Å². The van der Waals surface area contributed by atoms with Crippen molar-refractivity contribution in [3.05, 3.63) is 0 Å². The number of hydrogen-bond donors (Lipinski definition) is 2. The largest absolute Gasteiger partial charge is 0.480 e. The molecular formula is C9H17NO3S. The number of carboxylic acids is 1. The van der Waals surface area contributed by atoms with E-state index in [-0.39, 0.29) is 11.0 Å². The zero-order chi connectivity index (χ0) is 10.6. The van der Waals surface area contributed by atoms with E-state index in [1.54, 1.807) is 0 Å². The Hall–Kier alpha value is -0.420. The number of aliphatic carboxylic acids is 1. The summed E-state index contributed by atoms with van der Waals surface area (Å²) in [4.78, 5) is 10.5. The molecule has 1 saturated carbocycles. The molecule has 0 aliphatic heterocycles. The standard InChI is InChI=1S/C9H17NO3S/c10-8(9(11)12)6-14(13)7-4-2-1-3-5-7/h7-8H,1-6,10H2,(H,11,12). The minimum atomic E-state index is -1.06. The van der Waals surface area contributed by atoms with Gasteiger partial charge in [-0.05, 0) is 12.8 Å². The molecule has 2 atom stereocenters. The highest BCUT2D eigenvalue weighted by Gasteiger charge is 2.23. The molecule has 0 aromatic heterocycles. The van der Waals surface area contributed by atoms with Crippen LogP contribution in [-0.4, -0.2) is 32.3 Å². The van der Waals surface area contributed by atoms with Gasteiger partial charge in [0.25, 0.3) is 0 Å². The molecule has 0 heterocycles. The lowest BCUT2D eigenvalue weighted by Gasteiger charge is -2.21. The minimum Gasteiger partial charge on any atom is -0.480 e. The zero-order valence-electron chi connectivity index (χ0n) is 8.15. The van der Waals surface area contributed by atoms with Gasteiger partial charge in [0.05, 0.1) is 0 Å². The molecule has 0 radical (unpaired) electrons. The van der Waals surface area contributed by atoms with Gasteiger partial charge >= 0.3 is 5.97 Å². The fourth-order valence-electron chi connectivity index (χ4n) is 1.71. The van der Waals surface area contributed by atoms with E-state index in [0.29, 0.717) is 0 Å². The quantitative estimate of drug-likeness (QED) is 0.720. The predicted molar refractivity (Wildman–Crippen MR) is 55.5 cm³/mol. The summed E-state index contributed by atoms with van der Waals surface area (Å²) in [5, 5.41) is 8.74. The average Bonchev–Trinajstić information content (AvgIpc) is 2.19. The molecule has 0 bridgehead atoms. The highest BCUT2D eigenvalue weighted by atomic mass is 32.2. The van der Waals surface area contributed by atoms with E-state index in [1.807, 2.05) is 0 Å². The molecule has 1 aliphatic carbocycles. The van der Waals surface area contributed by atoms with Gasteiger partial charge in [0, 0.05) is 21.8 Å². The van der Waals surface area contributed by atoms with Gasteiger partial charge in [-0.15, -0.1) is 0 Å². The highest BCUT2D eigenvalue weighted by Crippen LogP contribution is 2.22. The lowest BCUT2D eigenvalue weighted by molar-refractivity contribution is -0.137. The van der Waals surface area contributed by atoms with E-state index in [0.717, 1.165) is 25.7 Å². The molecular weight excluding hydrogens is 202 g/mol. The number of hydrogen-bond acceptors (Lipinski definition) is 3. The van der Waals surface area contributed by atoms with E-state index in [2.05, 4.69) is 0 Å². The van der Waals surface area contributed by atoms with Crippen molar-refractivity contribution in [2.45, 2.75) is 43.4 Å². The van der Waals surface area contributed by atoms with Crippen LogP contribution in [0.3, 0.4) is 0 Å². The molecule has 1 fully saturated rings. The molecule has 1 aliphatic rings. The number of carboxylic acid groups (broad SMARTS) is 1. The van der Waals surface area contributed by atoms with E-state index in [4.69, 9.17) is 10.8 Å². The van der Waals surface area contributed by atoms with E-state index >= 15 is 0 Å². The van der Waals surface area contributed by atoms with Crippen molar-refractivity contribution < 1.29 is 14.1 Å². The van der Waals surface area contributed by atoms with Gasteiger partial charge in [0.1, 0.15) is 6.04 Å². The van der Waals surface area contributed by atoms with Crippen molar-refractivity contribution in [3.63, 3.8) is 0 Å². The van der Waals surface area contributed by atoms with Crippen molar-refractivity contribution in [1.82, 2.24) is 0 Å². The Morgan fingerprint density at radius 1 is 1.43 bits per heavy atom. The molecule has 1 rings (SSSR count). The maximum atomic E-state index is 11.7. The molecule has 0 saturated heterocycles. The number of carbonyl (C=O) groups is 1. The summed E-state index contributed by atoms with van der Waals surface area (Å²) in [5.41, 5.74) is 5.33. The molecule has 3 N–H and O–H groups in total. The van der Waals surface area contributed by atoms with Crippen LogP contribution in [-0.2, 0) is 15.6 Å². The summed E-state index contributed by atoms with van der Waals surface area (Å²) in [6.07, 6.45) is 5.34. The molecule has 0 aromatic rings. The topological polar surface area (TPSA) is 80.4 Å². The summed E-state index contributed by atoms with van der Waals surface area (Å²) in [5.74, 6) is -0.964. The lowest BCUT2D eigenvalue weighted by Crippen LogP contribution is -2.38. The first-order chi connectivity index (χ1) is 6.61. The third kappa shape index (κ3) is 3.38. The third-order valence-electron chi connectivity index (χ3n) is 2.59. The first-order valence-corrected chi connectivity index (χ1v) is 6.35. The molecule has 2 unspecified atom stereocenters. The normalized spacial score (nSPS) is 22.9. The minimum absolute atomic E-state index is 0.0972. The summed E-state index contributed by atoms with van der Waals surface area (Å²) < 4.78 is 11.7. The first kappa shape index (κ1) is 11.7. The van der Waals surface area contributed by atoms with Gasteiger partial charge in [-0.2, -0.15) is 0 Å². The van der Waals surface area contributed by atoms with Crippen molar-refractivity contribution in [3.8, 4) is 0 Å². The second kappa shape index (κ2) is 5.46. The summed E-state index contributed by atoms with van der Waals surface area (Å²) in [6, 6.07) is -0.974. The predicted octanol–water partition coefficient (Wildman–Crippen LogP) is 0.480. The van der Waals surface area contributed by atoms with Crippen LogP contribution in [0.2, 0.25) is 0 Å². The molecule has 5 heteroatoms. The maximum Gasteiger partial charge on any atom is 0.321 e. The molecule has 0 aromatic carbocycles. The molecule has 14 heavy (non-hydrogen) atoms. The van der Waals surface area contributed by atoms with Crippen LogP contribution >= 0.6 is 0 Å². The Morgan fingerprint density at radius 3 is 2.50 bits per heavy atom. The summed E-state index contributed by atoms with van der Waals surface area (Å²) in [7, 11) is -1.06. The van der Waals surface area contributed by atoms with Crippen LogP contribution in [0.4, 0.5) is 0 Å². The van der Waals surface area contributed by atoms with Gasteiger partial charge in [0.15, 0.2) is 0 Å². The second-order valence-electron chi connectivity index (χ2n) is 3.75. The highest BCUT2D eigenvalue weighted by molar-refractivity contribution is 7.85. The Kier molecular flexibility index (Phi) is 4.54. The first-order valence-electron chi connectivity index (χ1n) is 4.97. The zero-order valence-corrected chi connectivity index (χ0v) is 8.96. The van der Waals surface area contributed by atoms with Crippen LogP contribution < -0.4 is 5.73 Å². The van der Waals surface area contributed by atoms with E-state index in [9.17, 15) is 9.00 Å². The second-order valence-corrected chi connectivity index (χ2v) is 5.51. The van der Waals surface area contributed by atoms with Crippen LogP contribution in [0.1, 0.15) is 32.1 Å². The average molecular weight is 219 g/mol. The molecule has 0 spiro atoms. The van der Waals surface area contributed by atoms with Crippen LogP contribution in [0.5, 0.6) is 0 Å². The maximum absolute atomic E-state index is 11.7. The Morgan fingerprint density at radius 2 is 2.00 bits per heavy atom. The number of nitrogens with two attached hydrogens (primary N) is 1. The molecule has 82 valence electrons. The Labute approximate surface area is 86.3 Å². The van der Waals surface area contributed by atoms with Gasteiger partial charge in [-0.1, -0.05) is 19.3 Å². The van der Waals surface area contributed by atoms with Crippen molar-refractivity contribution in [2.75, 3.05) is 5.75 Å². The SMILES string of the molecule is NC(CS(=O)C1CCCCC1)C(=O)O. The van der Waals surface area contributed by atoms with E-state index < -0.39 is 22.8 Å². The smallest absolute Gasteiger partial charge is 0.321 e. The van der Waals surface area contributed by atoms with Gasteiger partial charge in [-0.25, -0.2) is 0 Å². The van der Waals surface area contributed by atoms with Gasteiger partial charge in [-0.3, -0.25) is 9.00 Å². The third-order valence-corrected chi connectivity index (χ3v) is 4.49. The Balaban J connectivity index is 2.36. The van der Waals surface area contributed by atoms with Crippen molar-refractivity contribution in [2.24, 2.45) is 5.73 Å².